The van der Waals surface area contributed by atoms with Gasteiger partial charge in [-0.2, -0.15) is 4.31 Å². The van der Waals surface area contributed by atoms with Crippen LogP contribution in [-0.4, -0.2) is 75.1 Å². The number of benzene rings is 1. The molecule has 2 aliphatic rings. The van der Waals surface area contributed by atoms with Crippen LogP contribution in [0.15, 0.2) is 23.1 Å². The van der Waals surface area contributed by atoms with Crippen LogP contribution in [-0.2, 0) is 19.5 Å². The van der Waals surface area contributed by atoms with Gasteiger partial charge < -0.3 is 14.4 Å². The molecule has 0 aromatic heterocycles. The van der Waals surface area contributed by atoms with E-state index in [0.29, 0.717) is 57.2 Å². The van der Waals surface area contributed by atoms with Gasteiger partial charge in [0.25, 0.3) is 5.91 Å². The van der Waals surface area contributed by atoms with Crippen LogP contribution in [0.4, 0.5) is 0 Å². The van der Waals surface area contributed by atoms with Gasteiger partial charge in [0.05, 0.1) is 36.9 Å². The molecule has 0 radical (unpaired) electrons. The van der Waals surface area contributed by atoms with Gasteiger partial charge in [0.2, 0.25) is 10.0 Å². The van der Waals surface area contributed by atoms with Crippen LogP contribution >= 0.6 is 0 Å². The molecule has 0 N–H and O–H groups in total. The fourth-order valence-corrected chi connectivity index (χ4v) is 4.99. The minimum absolute atomic E-state index is 0.170. The molecule has 3 rings (SSSR count). The zero-order valence-corrected chi connectivity index (χ0v) is 16.3. The minimum atomic E-state index is -3.65. The number of morpholine rings is 2. The van der Waals surface area contributed by atoms with Crippen LogP contribution in [0.2, 0.25) is 0 Å². The number of hydrogen-bond donors (Lipinski definition) is 0. The first-order valence-electron chi connectivity index (χ1n) is 8.82. The van der Waals surface area contributed by atoms with Gasteiger partial charge in [-0.1, -0.05) is 6.07 Å². The number of aryl methyl sites for hydroxylation is 1. The Balaban J connectivity index is 1.93. The number of hydrogen-bond acceptors (Lipinski definition) is 5. The van der Waals surface area contributed by atoms with Gasteiger partial charge in [0.15, 0.2) is 0 Å². The summed E-state index contributed by atoms with van der Waals surface area (Å²) in [4.78, 5) is 15.0. The van der Waals surface area contributed by atoms with Gasteiger partial charge in [-0.3, -0.25) is 4.79 Å². The van der Waals surface area contributed by atoms with Crippen molar-refractivity contribution < 1.29 is 22.7 Å². The molecule has 144 valence electrons. The molecule has 0 saturated carbocycles. The zero-order valence-electron chi connectivity index (χ0n) is 15.5. The molecule has 2 heterocycles. The molecule has 0 aliphatic carbocycles. The lowest BCUT2D eigenvalue weighted by atomic mass is 10.0. The van der Waals surface area contributed by atoms with Gasteiger partial charge in [-0.15, -0.1) is 0 Å². The largest absolute Gasteiger partial charge is 0.379 e. The summed E-state index contributed by atoms with van der Waals surface area (Å²) in [5, 5.41) is 0. The predicted octanol–water partition coefficient (Wildman–Crippen LogP) is 1.27. The van der Waals surface area contributed by atoms with Gasteiger partial charge in [0, 0.05) is 25.2 Å². The van der Waals surface area contributed by atoms with E-state index in [2.05, 4.69) is 0 Å². The second-order valence-electron chi connectivity index (χ2n) is 7.32. The number of ether oxygens (including phenoxy) is 2. The lowest BCUT2D eigenvalue weighted by molar-refractivity contribution is -0.0370. The molecule has 1 amide bonds. The normalized spacial score (nSPS) is 21.6. The Labute approximate surface area is 154 Å². The molecule has 0 spiro atoms. The quantitative estimate of drug-likeness (QED) is 0.787. The number of carbonyl (C=O) groups excluding carboxylic acids is 1. The van der Waals surface area contributed by atoms with Crippen LogP contribution in [0, 0.1) is 6.92 Å². The summed E-state index contributed by atoms with van der Waals surface area (Å²) in [6.45, 7) is 8.52. The number of rotatable bonds is 3. The summed E-state index contributed by atoms with van der Waals surface area (Å²) in [7, 11) is -3.65. The van der Waals surface area contributed by atoms with E-state index in [0.717, 1.165) is 0 Å². The first kappa shape index (κ1) is 19.3. The Morgan fingerprint density at radius 2 is 1.73 bits per heavy atom. The van der Waals surface area contributed by atoms with Crippen molar-refractivity contribution in [2.45, 2.75) is 31.2 Å². The Morgan fingerprint density at radius 3 is 2.38 bits per heavy atom. The van der Waals surface area contributed by atoms with Crippen molar-refractivity contribution in [3.63, 3.8) is 0 Å². The maximum atomic E-state index is 13.0. The molecule has 0 bridgehead atoms. The molecule has 0 atom stereocenters. The van der Waals surface area contributed by atoms with E-state index in [1.165, 1.54) is 10.4 Å². The van der Waals surface area contributed by atoms with Crippen LogP contribution in [0.3, 0.4) is 0 Å². The first-order valence-corrected chi connectivity index (χ1v) is 10.3. The molecule has 0 unspecified atom stereocenters. The standard InChI is InChI=1S/C18H26N2O5S/c1-14-4-5-15(17(21)20-8-11-25-13-18(20,2)3)12-16(14)26(22,23)19-6-9-24-10-7-19/h4-5,12H,6-11,13H2,1-3H3. The molecule has 7 nitrogen and oxygen atoms in total. The Hall–Kier alpha value is -1.48. The summed E-state index contributed by atoms with van der Waals surface area (Å²) in [6.07, 6.45) is 0. The van der Waals surface area contributed by atoms with Gasteiger partial charge in [-0.25, -0.2) is 8.42 Å². The van der Waals surface area contributed by atoms with Crippen LogP contribution in [0.5, 0.6) is 0 Å². The van der Waals surface area contributed by atoms with Crippen molar-refractivity contribution in [3.05, 3.63) is 29.3 Å². The van der Waals surface area contributed by atoms with Gasteiger partial charge >= 0.3 is 0 Å². The zero-order chi connectivity index (χ0) is 18.9. The first-order chi connectivity index (χ1) is 12.2. The van der Waals surface area contributed by atoms with Crippen molar-refractivity contribution in [1.82, 2.24) is 9.21 Å². The fourth-order valence-electron chi connectivity index (χ4n) is 3.33. The lowest BCUT2D eigenvalue weighted by Crippen LogP contribution is -2.55. The minimum Gasteiger partial charge on any atom is -0.379 e. The highest BCUT2D eigenvalue weighted by molar-refractivity contribution is 7.89. The molecular formula is C18H26N2O5S. The van der Waals surface area contributed by atoms with E-state index >= 15 is 0 Å². The van der Waals surface area contributed by atoms with Gasteiger partial charge in [0.1, 0.15) is 0 Å². The fraction of sp³-hybridized carbons (Fsp3) is 0.611. The van der Waals surface area contributed by atoms with Crippen molar-refractivity contribution in [2.75, 3.05) is 46.1 Å². The van der Waals surface area contributed by atoms with Crippen molar-refractivity contribution >= 4 is 15.9 Å². The summed E-state index contributed by atoms with van der Waals surface area (Å²) in [5.74, 6) is -0.170. The maximum absolute atomic E-state index is 13.0. The summed E-state index contributed by atoms with van der Waals surface area (Å²) in [5.41, 5.74) is 0.593. The highest BCUT2D eigenvalue weighted by Crippen LogP contribution is 2.26. The lowest BCUT2D eigenvalue weighted by Gasteiger charge is -2.42. The van der Waals surface area contributed by atoms with Crippen molar-refractivity contribution in [2.24, 2.45) is 0 Å². The number of sulfonamides is 1. The monoisotopic (exact) mass is 382 g/mol. The molecule has 1 aromatic rings. The Bertz CT molecular complexity index is 785. The third-order valence-electron chi connectivity index (χ3n) is 4.91. The number of amides is 1. The van der Waals surface area contributed by atoms with Crippen molar-refractivity contribution in [3.8, 4) is 0 Å². The predicted molar refractivity (Wildman–Crippen MR) is 96.7 cm³/mol. The second kappa shape index (κ2) is 7.26. The highest BCUT2D eigenvalue weighted by atomic mass is 32.2. The number of nitrogens with zero attached hydrogens (tertiary/aromatic N) is 2. The van der Waals surface area contributed by atoms with Crippen molar-refractivity contribution in [1.29, 1.82) is 0 Å². The Kier molecular flexibility index (Phi) is 5.39. The number of carbonyl (C=O) groups is 1. The third kappa shape index (κ3) is 3.64. The second-order valence-corrected chi connectivity index (χ2v) is 9.22. The van der Waals surface area contributed by atoms with E-state index in [9.17, 15) is 13.2 Å². The summed E-state index contributed by atoms with van der Waals surface area (Å²) in [6, 6.07) is 4.91. The van der Waals surface area contributed by atoms with E-state index in [1.807, 2.05) is 13.8 Å². The molecule has 2 saturated heterocycles. The SMILES string of the molecule is Cc1ccc(C(=O)N2CCOCC2(C)C)cc1S(=O)(=O)N1CCOCC1. The van der Waals surface area contributed by atoms with E-state index < -0.39 is 15.6 Å². The molecular weight excluding hydrogens is 356 g/mol. The summed E-state index contributed by atoms with van der Waals surface area (Å²) >= 11 is 0. The van der Waals surface area contributed by atoms with E-state index in [4.69, 9.17) is 9.47 Å². The van der Waals surface area contributed by atoms with Gasteiger partial charge in [-0.05, 0) is 38.5 Å². The molecule has 8 heteroatoms. The molecule has 2 aliphatic heterocycles. The summed E-state index contributed by atoms with van der Waals surface area (Å²) < 4.78 is 38.2. The van der Waals surface area contributed by atoms with Crippen LogP contribution in [0.25, 0.3) is 0 Å². The third-order valence-corrected chi connectivity index (χ3v) is 6.95. The average Bonchev–Trinajstić information content (AvgIpc) is 2.62. The highest BCUT2D eigenvalue weighted by Gasteiger charge is 2.35. The smallest absolute Gasteiger partial charge is 0.254 e. The van der Waals surface area contributed by atoms with Crippen LogP contribution < -0.4 is 0 Å². The van der Waals surface area contributed by atoms with Crippen LogP contribution in [0.1, 0.15) is 29.8 Å². The maximum Gasteiger partial charge on any atom is 0.254 e. The van der Waals surface area contributed by atoms with E-state index in [-0.39, 0.29) is 10.8 Å². The average molecular weight is 382 g/mol. The molecule has 2 fully saturated rings. The van der Waals surface area contributed by atoms with E-state index in [1.54, 1.807) is 24.0 Å². The molecule has 26 heavy (non-hydrogen) atoms. The molecule has 1 aromatic carbocycles. The Morgan fingerprint density at radius 1 is 1.08 bits per heavy atom. The topological polar surface area (TPSA) is 76.2 Å².